The van der Waals surface area contributed by atoms with Crippen LogP contribution in [0.3, 0.4) is 0 Å². The van der Waals surface area contributed by atoms with E-state index in [1.54, 1.807) is 17.4 Å². The van der Waals surface area contributed by atoms with E-state index >= 15 is 0 Å². The maximum Gasteiger partial charge on any atom is 0.0627 e. The lowest BCUT2D eigenvalue weighted by Gasteiger charge is -2.17. The molecule has 2 rings (SSSR count). The fraction of sp³-hybridized carbons (Fsp3) is 0.286. The number of hydrogen-bond donors (Lipinski definition) is 1. The van der Waals surface area contributed by atoms with Gasteiger partial charge < -0.3 is 5.73 Å². The minimum absolute atomic E-state index is 0.216. The zero-order chi connectivity index (χ0) is 13.1. The van der Waals surface area contributed by atoms with E-state index in [9.17, 15) is 0 Å². The van der Waals surface area contributed by atoms with Gasteiger partial charge in [-0.3, -0.25) is 0 Å². The Bertz CT molecular complexity index is 536. The Labute approximate surface area is 122 Å². The first kappa shape index (κ1) is 13.9. The van der Waals surface area contributed by atoms with Crippen molar-refractivity contribution in [3.8, 4) is 0 Å². The van der Waals surface area contributed by atoms with Gasteiger partial charge in [0.25, 0.3) is 0 Å². The van der Waals surface area contributed by atoms with E-state index in [2.05, 4.69) is 18.4 Å². The summed E-state index contributed by atoms with van der Waals surface area (Å²) in [6.45, 7) is 2.69. The van der Waals surface area contributed by atoms with Gasteiger partial charge in [-0.25, -0.2) is 0 Å². The summed E-state index contributed by atoms with van der Waals surface area (Å²) in [7, 11) is 0. The molecule has 0 saturated carbocycles. The molecule has 4 heteroatoms. The van der Waals surface area contributed by atoms with Gasteiger partial charge in [0, 0.05) is 10.8 Å². The van der Waals surface area contributed by atoms with Crippen molar-refractivity contribution in [3.05, 3.63) is 55.7 Å². The second kappa shape index (κ2) is 6.07. The van der Waals surface area contributed by atoms with Crippen molar-refractivity contribution in [2.24, 2.45) is 5.73 Å². The third-order valence-corrected chi connectivity index (χ3v) is 4.98. The van der Waals surface area contributed by atoms with Crippen molar-refractivity contribution < 1.29 is 0 Å². The Balaban J connectivity index is 2.29. The monoisotopic (exact) mass is 299 g/mol. The van der Waals surface area contributed by atoms with Crippen molar-refractivity contribution in [2.45, 2.75) is 19.3 Å². The summed E-state index contributed by atoms with van der Waals surface area (Å²) in [6.07, 6.45) is 0.917. The molecular weight excluding hydrogens is 285 g/mol. The molecule has 0 saturated heterocycles. The van der Waals surface area contributed by atoms with Gasteiger partial charge in [-0.1, -0.05) is 35.3 Å². The van der Waals surface area contributed by atoms with Crippen molar-refractivity contribution in [1.29, 1.82) is 0 Å². The summed E-state index contributed by atoms with van der Waals surface area (Å²) in [6, 6.07) is 7.87. The topological polar surface area (TPSA) is 26.0 Å². The minimum atomic E-state index is 0.216. The Kier molecular flexibility index (Phi) is 4.68. The molecule has 0 aliphatic rings. The molecule has 0 spiro atoms. The number of thiophene rings is 1. The Hall–Kier alpha value is -0.540. The lowest BCUT2D eigenvalue weighted by Crippen LogP contribution is -2.15. The quantitative estimate of drug-likeness (QED) is 0.874. The van der Waals surface area contributed by atoms with Crippen LogP contribution in [0.1, 0.15) is 21.9 Å². The third kappa shape index (κ3) is 2.89. The van der Waals surface area contributed by atoms with Gasteiger partial charge in [-0.05, 0) is 48.5 Å². The average Bonchev–Trinajstić information content (AvgIpc) is 2.76. The number of aryl methyl sites for hydroxylation is 1. The Morgan fingerprint density at radius 2 is 2.06 bits per heavy atom. The van der Waals surface area contributed by atoms with E-state index < -0.39 is 0 Å². The molecule has 96 valence electrons. The summed E-state index contributed by atoms with van der Waals surface area (Å²) in [4.78, 5) is 1.36. The summed E-state index contributed by atoms with van der Waals surface area (Å²) in [5.41, 5.74) is 8.25. The summed E-state index contributed by atoms with van der Waals surface area (Å²) in [5.74, 6) is 0.216. The second-order valence-electron chi connectivity index (χ2n) is 4.31. The molecule has 1 aromatic heterocycles. The molecule has 1 heterocycles. The average molecular weight is 300 g/mol. The van der Waals surface area contributed by atoms with Gasteiger partial charge in [0.05, 0.1) is 10.0 Å². The van der Waals surface area contributed by atoms with Crippen LogP contribution in [0, 0.1) is 6.92 Å². The molecule has 0 amide bonds. The number of hydrogen-bond acceptors (Lipinski definition) is 2. The SMILES string of the molecule is Cc1ccsc1CC(CN)c1cccc(Cl)c1Cl. The fourth-order valence-electron chi connectivity index (χ4n) is 1.99. The molecule has 0 aliphatic heterocycles. The second-order valence-corrected chi connectivity index (χ2v) is 6.09. The standard InChI is InChI=1S/C14H15Cl2NS/c1-9-5-6-18-13(9)7-10(8-17)11-3-2-4-12(15)14(11)16/h2-6,10H,7-8,17H2,1H3. The van der Waals surface area contributed by atoms with Crippen LogP contribution in [0.15, 0.2) is 29.6 Å². The molecule has 0 radical (unpaired) electrons. The van der Waals surface area contributed by atoms with Crippen LogP contribution < -0.4 is 5.73 Å². The number of nitrogens with two attached hydrogens (primary N) is 1. The molecule has 1 nitrogen and oxygen atoms in total. The lowest BCUT2D eigenvalue weighted by molar-refractivity contribution is 0.699. The normalized spacial score (nSPS) is 12.7. The van der Waals surface area contributed by atoms with Crippen LogP contribution in [0.4, 0.5) is 0 Å². The lowest BCUT2D eigenvalue weighted by atomic mass is 9.94. The molecule has 1 aromatic carbocycles. The van der Waals surface area contributed by atoms with Gasteiger partial charge >= 0.3 is 0 Å². The number of benzene rings is 1. The first-order chi connectivity index (χ1) is 8.63. The van der Waals surface area contributed by atoms with Crippen LogP contribution in [-0.4, -0.2) is 6.54 Å². The molecule has 2 N–H and O–H groups in total. The summed E-state index contributed by atoms with van der Waals surface area (Å²) >= 11 is 14.1. The van der Waals surface area contributed by atoms with Gasteiger partial charge in [-0.15, -0.1) is 11.3 Å². The largest absolute Gasteiger partial charge is 0.330 e. The van der Waals surface area contributed by atoms with Crippen LogP contribution in [0.25, 0.3) is 0 Å². The van der Waals surface area contributed by atoms with Crippen molar-refractivity contribution in [2.75, 3.05) is 6.54 Å². The van der Waals surface area contributed by atoms with E-state index in [4.69, 9.17) is 28.9 Å². The zero-order valence-corrected chi connectivity index (χ0v) is 12.4. The molecule has 18 heavy (non-hydrogen) atoms. The van der Waals surface area contributed by atoms with Crippen molar-refractivity contribution >= 4 is 34.5 Å². The Morgan fingerprint density at radius 1 is 1.28 bits per heavy atom. The highest BCUT2D eigenvalue weighted by Gasteiger charge is 2.17. The molecule has 1 atom stereocenters. The maximum atomic E-state index is 6.26. The van der Waals surface area contributed by atoms with Crippen LogP contribution >= 0.6 is 34.5 Å². The van der Waals surface area contributed by atoms with Gasteiger partial charge in [0.2, 0.25) is 0 Å². The van der Waals surface area contributed by atoms with E-state index in [-0.39, 0.29) is 5.92 Å². The zero-order valence-electron chi connectivity index (χ0n) is 10.1. The smallest absolute Gasteiger partial charge is 0.0627 e. The van der Waals surface area contributed by atoms with Gasteiger partial charge in [0.1, 0.15) is 0 Å². The van der Waals surface area contributed by atoms with E-state index in [0.717, 1.165) is 12.0 Å². The molecule has 2 aromatic rings. The van der Waals surface area contributed by atoms with Gasteiger partial charge in [0.15, 0.2) is 0 Å². The van der Waals surface area contributed by atoms with E-state index in [0.29, 0.717) is 16.6 Å². The number of halogens is 2. The molecule has 0 aliphatic carbocycles. The van der Waals surface area contributed by atoms with Crippen molar-refractivity contribution in [3.63, 3.8) is 0 Å². The van der Waals surface area contributed by atoms with Gasteiger partial charge in [-0.2, -0.15) is 0 Å². The Morgan fingerprint density at radius 3 is 2.67 bits per heavy atom. The highest BCUT2D eigenvalue weighted by molar-refractivity contribution is 7.10. The predicted molar refractivity (Wildman–Crippen MR) is 81.0 cm³/mol. The van der Waals surface area contributed by atoms with E-state index in [1.165, 1.54) is 10.4 Å². The highest BCUT2D eigenvalue weighted by atomic mass is 35.5. The summed E-state index contributed by atoms with van der Waals surface area (Å²) in [5, 5.41) is 3.33. The van der Waals surface area contributed by atoms with Crippen LogP contribution in [-0.2, 0) is 6.42 Å². The first-order valence-corrected chi connectivity index (χ1v) is 7.44. The molecule has 0 fully saturated rings. The van der Waals surface area contributed by atoms with E-state index in [1.807, 2.05) is 12.1 Å². The molecule has 1 unspecified atom stereocenters. The minimum Gasteiger partial charge on any atom is -0.330 e. The molecule has 0 bridgehead atoms. The maximum absolute atomic E-state index is 6.26. The predicted octanol–water partition coefficient (Wildman–Crippen LogP) is 4.65. The molecular formula is C14H15Cl2NS. The highest BCUT2D eigenvalue weighted by Crippen LogP contribution is 2.33. The summed E-state index contributed by atoms with van der Waals surface area (Å²) < 4.78 is 0. The fourth-order valence-corrected chi connectivity index (χ4v) is 3.44. The third-order valence-electron chi connectivity index (χ3n) is 3.11. The van der Waals surface area contributed by atoms with Crippen molar-refractivity contribution in [1.82, 2.24) is 0 Å². The number of rotatable bonds is 4. The first-order valence-electron chi connectivity index (χ1n) is 5.80. The van der Waals surface area contributed by atoms with Crippen LogP contribution in [0.5, 0.6) is 0 Å². The van der Waals surface area contributed by atoms with Crippen LogP contribution in [0.2, 0.25) is 10.0 Å².